The first-order chi connectivity index (χ1) is 16.9. The van der Waals surface area contributed by atoms with Gasteiger partial charge in [-0.05, 0) is 6.92 Å². The topological polar surface area (TPSA) is 248 Å². The van der Waals surface area contributed by atoms with Gasteiger partial charge in [0.1, 0.15) is 23.2 Å². The van der Waals surface area contributed by atoms with Crippen LogP contribution in [0.3, 0.4) is 0 Å². The number of aliphatic hydroxyl groups is 1. The number of nitrogens with one attached hydrogen (secondary N) is 1. The molecule has 2 amide bonds. The number of carbonyl (C=O) groups is 5. The molecule has 3 fully saturated rings. The quantitative estimate of drug-likeness (QED) is 0.0949. The Morgan fingerprint density at radius 2 is 2.11 bits per heavy atom. The Hall–Kier alpha value is -3.64. The van der Waals surface area contributed by atoms with E-state index in [1.807, 2.05) is 0 Å². The fourth-order valence-corrected chi connectivity index (χ4v) is 6.62. The van der Waals surface area contributed by atoms with Gasteiger partial charge in [0, 0.05) is 21.9 Å². The van der Waals surface area contributed by atoms with Crippen LogP contribution in [-0.2, 0) is 44.3 Å². The van der Waals surface area contributed by atoms with Crippen LogP contribution in [0.4, 0.5) is 5.13 Å². The number of hydrogen-bond donors (Lipinski definition) is 5. The third kappa shape index (κ3) is 3.95. The highest BCUT2D eigenvalue weighted by molar-refractivity contribution is 7.85. The third-order valence-electron chi connectivity index (χ3n) is 5.78. The highest BCUT2D eigenvalue weighted by atomic mass is 32.2. The van der Waals surface area contributed by atoms with Crippen LogP contribution in [0.2, 0.25) is 0 Å². The predicted octanol–water partition coefficient (Wildman–Crippen LogP) is -2.96. The molecule has 1 aromatic heterocycles. The van der Waals surface area contributed by atoms with Gasteiger partial charge in [-0.3, -0.25) is 23.5 Å². The maximum atomic E-state index is 13.0. The molecule has 16 nitrogen and oxygen atoms in total. The number of hydrogen-bond acceptors (Lipinski definition) is 13. The number of carbonyl (C=O) groups excluding carboxylic acids is 3. The summed E-state index contributed by atoms with van der Waals surface area (Å²) in [6, 6.07) is -1.48. The average Bonchev–Trinajstić information content (AvgIpc) is 3.35. The maximum Gasteiger partial charge on any atom is 0.370 e. The number of ether oxygens (including phenoxy) is 1. The van der Waals surface area contributed by atoms with Crippen molar-refractivity contribution in [3.63, 3.8) is 0 Å². The molecule has 4 heterocycles. The normalized spacial score (nSPS) is 30.8. The van der Waals surface area contributed by atoms with Crippen molar-refractivity contribution < 1.29 is 53.1 Å². The lowest BCUT2D eigenvalue weighted by Crippen LogP contribution is -2.83. The summed E-state index contributed by atoms with van der Waals surface area (Å²) in [7, 11) is -1.86. The minimum absolute atomic E-state index is 0.0209. The number of nitrogens with zero attached hydrogens (tertiary/aromatic N) is 3. The van der Waals surface area contributed by atoms with Crippen LogP contribution < -0.4 is 11.1 Å². The summed E-state index contributed by atoms with van der Waals surface area (Å²) in [5, 5.41) is 34.3. The Balaban J connectivity index is 1.61. The number of carboxylic acid groups (broad SMARTS) is 2. The molecule has 0 aliphatic carbocycles. The van der Waals surface area contributed by atoms with E-state index >= 15 is 0 Å². The Labute approximate surface area is 207 Å². The van der Waals surface area contributed by atoms with Crippen LogP contribution in [0.1, 0.15) is 19.0 Å². The lowest BCUT2D eigenvalue weighted by Gasteiger charge is -2.56. The largest absolute Gasteiger partial charge is 0.478 e. The monoisotopic (exact) mass is 545 g/mol. The molecular formula is C18H19N5O11S2. The van der Waals surface area contributed by atoms with Gasteiger partial charge in [-0.2, -0.15) is 0 Å². The molecule has 3 saturated heterocycles. The molecule has 0 spiro atoms. The molecule has 18 heteroatoms. The van der Waals surface area contributed by atoms with Gasteiger partial charge in [0.15, 0.2) is 10.8 Å². The lowest BCUT2D eigenvalue weighted by atomic mass is 9.89. The van der Waals surface area contributed by atoms with Crippen LogP contribution in [-0.4, -0.2) is 99.9 Å². The van der Waals surface area contributed by atoms with Crippen LogP contribution in [0, 0.1) is 5.92 Å². The van der Waals surface area contributed by atoms with Gasteiger partial charge >= 0.3 is 17.9 Å². The van der Waals surface area contributed by atoms with Crippen molar-refractivity contribution in [1.82, 2.24) is 15.2 Å². The van der Waals surface area contributed by atoms with E-state index < -0.39 is 81.5 Å². The number of nitrogen functional groups attached to an aromatic ring is 1. The fraction of sp³-hybridized carbons (Fsp3) is 0.500. The second-order valence-electron chi connectivity index (χ2n) is 8.09. The molecule has 3 aliphatic heterocycles. The van der Waals surface area contributed by atoms with Gasteiger partial charge in [0.2, 0.25) is 6.10 Å². The van der Waals surface area contributed by atoms with E-state index in [0.717, 1.165) is 18.3 Å². The highest BCUT2D eigenvalue weighted by Crippen LogP contribution is 2.47. The molecule has 7 unspecified atom stereocenters. The minimum atomic E-state index is -2.33. The number of esters is 1. The van der Waals surface area contributed by atoms with Crippen molar-refractivity contribution in [3.8, 4) is 0 Å². The number of nitrogens with two attached hydrogens (primary N) is 1. The van der Waals surface area contributed by atoms with E-state index in [1.54, 1.807) is 0 Å². The third-order valence-corrected chi connectivity index (χ3v) is 8.21. The van der Waals surface area contributed by atoms with Crippen molar-refractivity contribution in [2.75, 3.05) is 11.5 Å². The van der Waals surface area contributed by atoms with Crippen molar-refractivity contribution in [3.05, 3.63) is 11.1 Å². The Kier molecular flexibility index (Phi) is 6.43. The second-order valence-corrected chi connectivity index (χ2v) is 10.6. The summed E-state index contributed by atoms with van der Waals surface area (Å²) in [5.41, 5.74) is 2.50. The zero-order valence-electron chi connectivity index (χ0n) is 18.2. The van der Waals surface area contributed by atoms with Crippen molar-refractivity contribution >= 4 is 62.7 Å². The zero-order valence-corrected chi connectivity index (χ0v) is 19.9. The minimum Gasteiger partial charge on any atom is -0.478 e. The van der Waals surface area contributed by atoms with Crippen molar-refractivity contribution in [2.24, 2.45) is 11.1 Å². The van der Waals surface area contributed by atoms with E-state index in [-0.39, 0.29) is 23.0 Å². The molecular weight excluding hydrogens is 526 g/mol. The van der Waals surface area contributed by atoms with E-state index in [0.29, 0.717) is 4.90 Å². The van der Waals surface area contributed by atoms with Crippen LogP contribution in [0.15, 0.2) is 10.5 Å². The smallest absolute Gasteiger partial charge is 0.370 e. The first-order valence-electron chi connectivity index (χ1n) is 10.2. The van der Waals surface area contributed by atoms with Crippen LogP contribution in [0.5, 0.6) is 0 Å². The Morgan fingerprint density at radius 1 is 1.42 bits per heavy atom. The second kappa shape index (κ2) is 9.10. The first kappa shape index (κ1) is 25.5. The van der Waals surface area contributed by atoms with Crippen molar-refractivity contribution in [2.45, 2.75) is 42.7 Å². The number of carboxylic acids is 2. The van der Waals surface area contributed by atoms with Crippen LogP contribution >= 0.6 is 11.3 Å². The zero-order chi connectivity index (χ0) is 26.5. The average molecular weight is 546 g/mol. The SMILES string of the molecule is CC(O)C(O/N=C(\C(=O)NC1C(=O)N2C1S(=O)CC1CC(=O)OC12C(=O)O)c1csc(N)n1)C(=O)O. The molecule has 194 valence electrons. The van der Waals surface area contributed by atoms with Gasteiger partial charge in [-0.1, -0.05) is 5.16 Å². The van der Waals surface area contributed by atoms with Crippen LogP contribution in [0.25, 0.3) is 0 Å². The van der Waals surface area contributed by atoms with Gasteiger partial charge in [0.05, 0.1) is 12.3 Å². The van der Waals surface area contributed by atoms with Gasteiger partial charge in [-0.25, -0.2) is 14.6 Å². The molecule has 0 saturated carbocycles. The van der Waals surface area contributed by atoms with Gasteiger partial charge < -0.3 is 35.9 Å². The molecule has 1 aromatic rings. The Bertz CT molecular complexity index is 1220. The molecule has 0 bridgehead atoms. The number of β-lactam (4-membered cyclic amide) rings is 1. The molecule has 36 heavy (non-hydrogen) atoms. The number of anilines is 1. The molecule has 0 aromatic carbocycles. The summed E-state index contributed by atoms with van der Waals surface area (Å²) in [6.07, 6.45) is -3.70. The molecule has 6 N–H and O–H groups in total. The number of aromatic nitrogens is 1. The standard InChI is InChI=1S/C18H19N5O11S2/c1-5(24)11(15(28)29)34-22-9(7-3-35-17(19)20-7)12(26)21-10-13(27)23-14(10)36(32)4-6-2-8(25)33-18(6,23)16(30)31/h3,5-6,10-11,14,24H,2,4H2,1H3,(H2,19,20)(H,21,26)(H,28,29)(H,30,31)/b22-9-. The molecule has 0 radical (unpaired) electrons. The summed E-state index contributed by atoms with van der Waals surface area (Å²) in [4.78, 5) is 70.6. The maximum absolute atomic E-state index is 13.0. The first-order valence-corrected chi connectivity index (χ1v) is 12.5. The lowest BCUT2D eigenvalue weighted by molar-refractivity contribution is -0.216. The summed E-state index contributed by atoms with van der Waals surface area (Å²) < 4.78 is 17.9. The molecule has 4 rings (SSSR count). The van der Waals surface area contributed by atoms with E-state index in [1.165, 1.54) is 5.38 Å². The summed E-state index contributed by atoms with van der Waals surface area (Å²) >= 11 is 0.915. The number of oxime groups is 1. The van der Waals surface area contributed by atoms with Gasteiger partial charge in [0.25, 0.3) is 17.5 Å². The highest BCUT2D eigenvalue weighted by Gasteiger charge is 2.73. The van der Waals surface area contributed by atoms with E-state index in [2.05, 4.69) is 15.5 Å². The van der Waals surface area contributed by atoms with E-state index in [4.69, 9.17) is 20.4 Å². The number of amides is 2. The summed E-state index contributed by atoms with van der Waals surface area (Å²) in [6.45, 7) is 1.12. The number of rotatable bonds is 8. The number of aliphatic hydroxyl groups excluding tert-OH is 1. The number of thiazole rings is 1. The predicted molar refractivity (Wildman–Crippen MR) is 117 cm³/mol. The van der Waals surface area contributed by atoms with E-state index in [9.17, 15) is 38.4 Å². The fourth-order valence-electron chi connectivity index (χ4n) is 4.15. The number of aliphatic carboxylic acids is 2. The summed E-state index contributed by atoms with van der Waals surface area (Å²) in [5.74, 6) is -7.41. The molecule has 7 atom stereocenters. The Morgan fingerprint density at radius 3 is 2.67 bits per heavy atom. The molecule has 3 aliphatic rings. The van der Waals surface area contributed by atoms with Crippen molar-refractivity contribution in [1.29, 1.82) is 0 Å². The number of fused-ring (bicyclic) bond motifs is 3. The van der Waals surface area contributed by atoms with Gasteiger partial charge in [-0.15, -0.1) is 11.3 Å².